The van der Waals surface area contributed by atoms with E-state index in [1.54, 1.807) is 24.3 Å². The van der Waals surface area contributed by atoms with Gasteiger partial charge in [-0.25, -0.2) is 16.8 Å². The van der Waals surface area contributed by atoms with Crippen molar-refractivity contribution in [3.63, 3.8) is 0 Å². The van der Waals surface area contributed by atoms with Crippen LogP contribution < -0.4 is 0 Å². The van der Waals surface area contributed by atoms with Crippen LogP contribution in [0.5, 0.6) is 11.5 Å². The maximum absolute atomic E-state index is 12.2. The molecule has 0 aromatic heterocycles. The predicted octanol–water partition coefficient (Wildman–Crippen LogP) is 6.05. The summed E-state index contributed by atoms with van der Waals surface area (Å²) in [6.45, 7) is 1.90. The summed E-state index contributed by atoms with van der Waals surface area (Å²) in [4.78, 5) is 0.748. The van der Waals surface area contributed by atoms with Gasteiger partial charge in [-0.1, -0.05) is 36.7 Å². The third kappa shape index (κ3) is 6.85. The van der Waals surface area contributed by atoms with E-state index in [1.807, 2.05) is 6.92 Å². The summed E-state index contributed by atoms with van der Waals surface area (Å²) in [5, 5.41) is 18.7. The van der Waals surface area contributed by atoms with Crippen LogP contribution >= 0.6 is 11.6 Å². The summed E-state index contributed by atoms with van der Waals surface area (Å²) in [5.74, 6) is 0.0768. The molecule has 4 aromatic carbocycles. The lowest BCUT2D eigenvalue weighted by Gasteiger charge is -2.04. The quantitative estimate of drug-likeness (QED) is 0.331. The molecule has 4 rings (SSSR count). The standard InChI is InChI=1S/C13H12O3S.C12H9ClO3S.CH4/c1-10-2-6-12(7-3-10)17(15,16)13-8-4-11(14)5-9-13;13-9-1-5-11(6-2-9)17(15,16)12-7-3-10(14)4-8-12;/h2-9,14H,1H3;1-8,14H;1H4. The first-order chi connectivity index (χ1) is 16.0. The maximum Gasteiger partial charge on any atom is 0.206 e. The molecular weight excluding hydrogens is 508 g/mol. The number of aromatic hydroxyl groups is 2. The van der Waals surface area contributed by atoms with Crippen LogP contribution in [0.1, 0.15) is 13.0 Å². The Morgan fingerprint density at radius 2 is 0.771 bits per heavy atom. The van der Waals surface area contributed by atoms with Gasteiger partial charge >= 0.3 is 0 Å². The van der Waals surface area contributed by atoms with Crippen LogP contribution in [0.4, 0.5) is 0 Å². The molecule has 35 heavy (non-hydrogen) atoms. The van der Waals surface area contributed by atoms with Crippen LogP contribution in [0.2, 0.25) is 5.02 Å². The van der Waals surface area contributed by atoms with E-state index in [1.165, 1.54) is 72.8 Å². The number of hydrogen-bond acceptors (Lipinski definition) is 6. The monoisotopic (exact) mass is 532 g/mol. The third-order valence-electron chi connectivity index (χ3n) is 4.75. The van der Waals surface area contributed by atoms with Gasteiger partial charge in [-0.3, -0.25) is 0 Å². The minimum absolute atomic E-state index is 0. The molecule has 4 aromatic rings. The molecule has 0 atom stereocenters. The third-order valence-corrected chi connectivity index (χ3v) is 8.57. The fourth-order valence-corrected chi connectivity index (χ4v) is 5.50. The lowest BCUT2D eigenvalue weighted by molar-refractivity contribution is 0.474. The number of aryl methyl sites for hydroxylation is 1. The van der Waals surface area contributed by atoms with E-state index >= 15 is 0 Å². The summed E-state index contributed by atoms with van der Waals surface area (Å²) < 4.78 is 48.6. The van der Waals surface area contributed by atoms with Crippen molar-refractivity contribution in [2.24, 2.45) is 0 Å². The summed E-state index contributed by atoms with van der Waals surface area (Å²) in [5.41, 5.74) is 1.01. The second-order valence-corrected chi connectivity index (χ2v) is 11.6. The van der Waals surface area contributed by atoms with Gasteiger partial charge in [0.25, 0.3) is 0 Å². The number of sulfone groups is 2. The Kier molecular flexibility index (Phi) is 9.09. The normalized spacial score (nSPS) is 11.0. The molecule has 184 valence electrons. The minimum Gasteiger partial charge on any atom is -0.508 e. The summed E-state index contributed by atoms with van der Waals surface area (Å²) >= 11 is 5.70. The summed E-state index contributed by atoms with van der Waals surface area (Å²) in [6, 6.07) is 23.5. The molecule has 0 radical (unpaired) electrons. The highest BCUT2D eigenvalue weighted by Crippen LogP contribution is 2.24. The fraction of sp³-hybridized carbons (Fsp3) is 0.0769. The van der Waals surface area contributed by atoms with Crippen molar-refractivity contribution in [3.05, 3.63) is 108 Å². The van der Waals surface area contributed by atoms with Crippen molar-refractivity contribution in [2.75, 3.05) is 0 Å². The second kappa shape index (κ2) is 11.4. The molecule has 6 nitrogen and oxygen atoms in total. The minimum atomic E-state index is -3.54. The molecule has 0 amide bonds. The number of rotatable bonds is 4. The highest BCUT2D eigenvalue weighted by Gasteiger charge is 2.18. The first-order valence-electron chi connectivity index (χ1n) is 9.90. The Labute approximate surface area is 210 Å². The van der Waals surface area contributed by atoms with Gasteiger partial charge in [0.15, 0.2) is 0 Å². The zero-order valence-electron chi connectivity index (χ0n) is 18.0. The van der Waals surface area contributed by atoms with Crippen LogP contribution in [0.15, 0.2) is 117 Å². The topological polar surface area (TPSA) is 109 Å². The molecule has 9 heteroatoms. The summed E-state index contributed by atoms with van der Waals surface area (Å²) in [7, 11) is -7.03. The zero-order valence-corrected chi connectivity index (χ0v) is 20.3. The lowest BCUT2D eigenvalue weighted by Crippen LogP contribution is -2.01. The van der Waals surface area contributed by atoms with Gasteiger partial charge in [-0.05, 0) is 91.9 Å². The smallest absolute Gasteiger partial charge is 0.206 e. The van der Waals surface area contributed by atoms with Crippen LogP contribution in [0.3, 0.4) is 0 Å². The van der Waals surface area contributed by atoms with Crippen LogP contribution in [-0.4, -0.2) is 27.0 Å². The maximum atomic E-state index is 12.2. The summed E-state index contributed by atoms with van der Waals surface area (Å²) in [6.07, 6.45) is 0. The van der Waals surface area contributed by atoms with E-state index in [2.05, 4.69) is 0 Å². The highest BCUT2D eigenvalue weighted by molar-refractivity contribution is 7.91. The molecule has 0 spiro atoms. The van der Waals surface area contributed by atoms with Gasteiger partial charge in [0.05, 0.1) is 19.6 Å². The Morgan fingerprint density at radius 1 is 0.514 bits per heavy atom. The SMILES string of the molecule is C.Cc1ccc(S(=O)(=O)c2ccc(O)cc2)cc1.O=S(=O)(c1ccc(O)cc1)c1ccc(Cl)cc1. The van der Waals surface area contributed by atoms with Gasteiger partial charge in [-0.2, -0.15) is 0 Å². The van der Waals surface area contributed by atoms with Crippen LogP contribution in [0.25, 0.3) is 0 Å². The average molecular weight is 533 g/mol. The Morgan fingerprint density at radius 3 is 1.09 bits per heavy atom. The molecule has 0 aliphatic heterocycles. The molecule has 0 saturated heterocycles. The lowest BCUT2D eigenvalue weighted by atomic mass is 10.2. The number of hydrogen-bond donors (Lipinski definition) is 2. The van der Waals surface area contributed by atoms with E-state index < -0.39 is 19.7 Å². The number of phenolic OH excluding ortho intramolecular Hbond substituents is 2. The molecule has 0 fully saturated rings. The molecule has 2 N–H and O–H groups in total. The first kappa shape index (κ1) is 27.9. The molecule has 0 aliphatic rings. The first-order valence-corrected chi connectivity index (χ1v) is 13.2. The van der Waals surface area contributed by atoms with Crippen LogP contribution in [-0.2, 0) is 19.7 Å². The van der Waals surface area contributed by atoms with Crippen molar-refractivity contribution < 1.29 is 27.0 Å². The van der Waals surface area contributed by atoms with Crippen molar-refractivity contribution in [3.8, 4) is 11.5 Å². The van der Waals surface area contributed by atoms with E-state index in [-0.39, 0.29) is 38.5 Å². The molecule has 0 bridgehead atoms. The van der Waals surface area contributed by atoms with Crippen LogP contribution in [0, 0.1) is 6.92 Å². The Balaban J connectivity index is 0.000000240. The zero-order chi connectivity index (χ0) is 24.9. The number of halogens is 1. The van der Waals surface area contributed by atoms with E-state index in [0.717, 1.165) is 5.56 Å². The predicted molar refractivity (Wildman–Crippen MR) is 136 cm³/mol. The molecule has 0 saturated carbocycles. The van der Waals surface area contributed by atoms with E-state index in [9.17, 15) is 16.8 Å². The molecule has 0 unspecified atom stereocenters. The van der Waals surface area contributed by atoms with Crippen molar-refractivity contribution >= 4 is 31.3 Å². The molecule has 0 aliphatic carbocycles. The molecular formula is C26H25ClO6S2. The van der Waals surface area contributed by atoms with Gasteiger partial charge < -0.3 is 10.2 Å². The van der Waals surface area contributed by atoms with Crippen molar-refractivity contribution in [1.29, 1.82) is 0 Å². The van der Waals surface area contributed by atoms with Gasteiger partial charge in [-0.15, -0.1) is 0 Å². The Bertz CT molecular complexity index is 1240. The number of benzene rings is 4. The second-order valence-electron chi connectivity index (χ2n) is 7.26. The van der Waals surface area contributed by atoms with Gasteiger partial charge in [0.2, 0.25) is 19.7 Å². The number of phenols is 2. The van der Waals surface area contributed by atoms with Crippen molar-refractivity contribution in [2.45, 2.75) is 33.9 Å². The largest absolute Gasteiger partial charge is 0.508 e. The fourth-order valence-electron chi connectivity index (χ4n) is 2.85. The van der Waals surface area contributed by atoms with Gasteiger partial charge in [0.1, 0.15) is 11.5 Å². The van der Waals surface area contributed by atoms with Crippen molar-refractivity contribution in [1.82, 2.24) is 0 Å². The highest BCUT2D eigenvalue weighted by atomic mass is 35.5. The average Bonchev–Trinajstić information content (AvgIpc) is 2.81. The van der Waals surface area contributed by atoms with E-state index in [4.69, 9.17) is 21.8 Å². The van der Waals surface area contributed by atoms with E-state index in [0.29, 0.717) is 5.02 Å². The Hall–Kier alpha value is -3.33. The van der Waals surface area contributed by atoms with Gasteiger partial charge in [0, 0.05) is 5.02 Å². The molecule has 0 heterocycles.